The third-order valence-electron chi connectivity index (χ3n) is 4.86. The van der Waals surface area contributed by atoms with Gasteiger partial charge in [0.1, 0.15) is 18.1 Å². The molecule has 31 heavy (non-hydrogen) atoms. The van der Waals surface area contributed by atoms with Gasteiger partial charge < -0.3 is 15.2 Å². The molecule has 0 saturated carbocycles. The minimum Gasteiger partial charge on any atom is -0.495 e. The van der Waals surface area contributed by atoms with Crippen molar-refractivity contribution in [1.82, 2.24) is 9.55 Å². The summed E-state index contributed by atoms with van der Waals surface area (Å²) in [7, 11) is 1.52. The summed E-state index contributed by atoms with van der Waals surface area (Å²) in [6.07, 6.45) is 0.159. The van der Waals surface area contributed by atoms with E-state index in [0.29, 0.717) is 39.1 Å². The number of methoxy groups -OCH3 is 1. The van der Waals surface area contributed by atoms with Crippen molar-refractivity contribution in [3.05, 3.63) is 74.7 Å². The van der Waals surface area contributed by atoms with Gasteiger partial charge in [-0.1, -0.05) is 17.7 Å². The lowest BCUT2D eigenvalue weighted by molar-refractivity contribution is -0.116. The molecule has 0 spiro atoms. The number of nitrogens with zero attached hydrogens (tertiary/aromatic N) is 2. The molecule has 2 aromatic carbocycles. The number of hydrogen-bond acceptors (Lipinski definition) is 5. The van der Waals surface area contributed by atoms with Crippen LogP contribution in [0.5, 0.6) is 5.75 Å². The fourth-order valence-corrected chi connectivity index (χ4v) is 3.45. The Balaban J connectivity index is 2.03. The summed E-state index contributed by atoms with van der Waals surface area (Å²) in [5.41, 5.74) is 2.66. The number of rotatable bonds is 7. The van der Waals surface area contributed by atoms with Gasteiger partial charge in [-0.25, -0.2) is 4.98 Å². The van der Waals surface area contributed by atoms with Crippen molar-refractivity contribution < 1.29 is 14.6 Å². The molecular formula is C23H24ClN3O4. The van der Waals surface area contributed by atoms with E-state index in [9.17, 15) is 14.7 Å². The van der Waals surface area contributed by atoms with Gasteiger partial charge in [0.25, 0.3) is 5.56 Å². The number of carbonyl (C=O) groups is 1. The SMILES string of the molecule is COc1ccc(C)cc1NC(=O)Cn1c(-c2ccc(Cl)cc2)nc(C)c(CCO)c1=O. The van der Waals surface area contributed by atoms with Gasteiger partial charge in [0.15, 0.2) is 0 Å². The molecule has 1 aromatic heterocycles. The third kappa shape index (κ3) is 5.13. The normalized spacial score (nSPS) is 10.7. The van der Waals surface area contributed by atoms with E-state index in [1.54, 1.807) is 43.3 Å². The lowest BCUT2D eigenvalue weighted by atomic mass is 10.1. The van der Waals surface area contributed by atoms with Crippen LogP contribution in [0.3, 0.4) is 0 Å². The summed E-state index contributed by atoms with van der Waals surface area (Å²) in [4.78, 5) is 30.6. The zero-order valence-corrected chi connectivity index (χ0v) is 18.4. The number of aryl methyl sites for hydroxylation is 2. The highest BCUT2D eigenvalue weighted by molar-refractivity contribution is 6.30. The molecule has 0 fully saturated rings. The van der Waals surface area contributed by atoms with Crippen LogP contribution in [0.4, 0.5) is 5.69 Å². The van der Waals surface area contributed by atoms with Gasteiger partial charge in [-0.15, -0.1) is 0 Å². The van der Waals surface area contributed by atoms with Crippen molar-refractivity contribution in [2.45, 2.75) is 26.8 Å². The number of amides is 1. The van der Waals surface area contributed by atoms with E-state index in [2.05, 4.69) is 10.3 Å². The van der Waals surface area contributed by atoms with E-state index in [1.165, 1.54) is 11.7 Å². The van der Waals surface area contributed by atoms with Crippen molar-refractivity contribution in [3.63, 3.8) is 0 Å². The molecule has 3 aromatic rings. The number of benzene rings is 2. The highest BCUT2D eigenvalue weighted by Crippen LogP contribution is 2.25. The average Bonchev–Trinajstić information content (AvgIpc) is 2.74. The number of aliphatic hydroxyl groups excluding tert-OH is 1. The van der Waals surface area contributed by atoms with Crippen LogP contribution in [0.25, 0.3) is 11.4 Å². The van der Waals surface area contributed by atoms with Crippen LogP contribution in [0.1, 0.15) is 16.8 Å². The second kappa shape index (κ2) is 9.76. The highest BCUT2D eigenvalue weighted by atomic mass is 35.5. The van der Waals surface area contributed by atoms with E-state index < -0.39 is 5.91 Å². The molecule has 0 aliphatic heterocycles. The van der Waals surface area contributed by atoms with Crippen molar-refractivity contribution >= 4 is 23.2 Å². The number of ether oxygens (including phenoxy) is 1. The van der Waals surface area contributed by atoms with Crippen LogP contribution in [0.15, 0.2) is 47.3 Å². The number of aliphatic hydroxyl groups is 1. The zero-order chi connectivity index (χ0) is 22.5. The quantitative estimate of drug-likeness (QED) is 0.586. The summed E-state index contributed by atoms with van der Waals surface area (Å²) in [6, 6.07) is 12.3. The molecular weight excluding hydrogens is 418 g/mol. The van der Waals surface area contributed by atoms with Crippen LogP contribution in [-0.4, -0.2) is 34.3 Å². The maximum atomic E-state index is 13.2. The third-order valence-corrected chi connectivity index (χ3v) is 5.12. The summed E-state index contributed by atoms with van der Waals surface area (Å²) in [5.74, 6) is 0.473. The summed E-state index contributed by atoms with van der Waals surface area (Å²) < 4.78 is 6.63. The molecule has 0 saturated heterocycles. The van der Waals surface area contributed by atoms with Gasteiger partial charge in [0, 0.05) is 34.9 Å². The zero-order valence-electron chi connectivity index (χ0n) is 17.6. The Labute approximate surface area is 185 Å². The molecule has 0 atom stereocenters. The number of aromatic nitrogens is 2. The fourth-order valence-electron chi connectivity index (χ4n) is 3.32. The summed E-state index contributed by atoms with van der Waals surface area (Å²) in [6.45, 7) is 3.18. The Morgan fingerprint density at radius 1 is 1.19 bits per heavy atom. The van der Waals surface area contributed by atoms with E-state index >= 15 is 0 Å². The van der Waals surface area contributed by atoms with Gasteiger partial charge in [-0.2, -0.15) is 0 Å². The predicted octanol–water partition coefficient (Wildman–Crippen LogP) is 3.36. The molecule has 8 heteroatoms. The molecule has 7 nitrogen and oxygen atoms in total. The number of hydrogen-bond donors (Lipinski definition) is 2. The minimum absolute atomic E-state index is 0.159. The Kier molecular flexibility index (Phi) is 7.09. The molecule has 0 aliphatic rings. The standard InChI is InChI=1S/C23H24ClN3O4/c1-14-4-9-20(31-3)19(12-14)26-21(29)13-27-22(16-5-7-17(24)8-6-16)25-15(2)18(10-11-28)23(27)30/h4-9,12,28H,10-11,13H2,1-3H3,(H,26,29). The molecule has 0 aliphatic carbocycles. The largest absolute Gasteiger partial charge is 0.495 e. The van der Waals surface area contributed by atoms with Gasteiger partial charge in [-0.05, 0) is 55.8 Å². The van der Waals surface area contributed by atoms with Gasteiger partial charge in [0.05, 0.1) is 12.8 Å². The molecule has 2 N–H and O–H groups in total. The van der Waals surface area contributed by atoms with Crippen molar-refractivity contribution in [2.75, 3.05) is 19.0 Å². The number of carbonyl (C=O) groups excluding carboxylic acids is 1. The average molecular weight is 442 g/mol. The molecule has 162 valence electrons. The Hall–Kier alpha value is -3.16. The van der Waals surface area contributed by atoms with Gasteiger partial charge >= 0.3 is 0 Å². The molecule has 3 rings (SSSR count). The van der Waals surface area contributed by atoms with E-state index in [4.69, 9.17) is 16.3 Å². The topological polar surface area (TPSA) is 93.4 Å². The number of halogens is 1. The maximum Gasteiger partial charge on any atom is 0.257 e. The molecule has 1 amide bonds. The maximum absolute atomic E-state index is 13.2. The summed E-state index contributed by atoms with van der Waals surface area (Å²) in [5, 5.41) is 12.7. The minimum atomic E-state index is -0.401. The first kappa shape index (κ1) is 22.5. The van der Waals surface area contributed by atoms with E-state index in [0.717, 1.165) is 5.56 Å². The van der Waals surface area contributed by atoms with Crippen LogP contribution in [0, 0.1) is 13.8 Å². The Morgan fingerprint density at radius 3 is 2.55 bits per heavy atom. The molecule has 0 bridgehead atoms. The second-order valence-corrected chi connectivity index (χ2v) is 7.56. The smallest absolute Gasteiger partial charge is 0.257 e. The molecule has 0 radical (unpaired) electrons. The monoisotopic (exact) mass is 441 g/mol. The first-order valence-corrected chi connectivity index (χ1v) is 10.1. The van der Waals surface area contributed by atoms with Crippen molar-refractivity contribution in [3.8, 4) is 17.1 Å². The number of anilines is 1. The lowest BCUT2D eigenvalue weighted by Gasteiger charge is -2.16. The van der Waals surface area contributed by atoms with Crippen LogP contribution in [-0.2, 0) is 17.8 Å². The second-order valence-electron chi connectivity index (χ2n) is 7.12. The highest BCUT2D eigenvalue weighted by Gasteiger charge is 2.18. The fraction of sp³-hybridized carbons (Fsp3) is 0.261. The number of nitrogens with one attached hydrogen (secondary N) is 1. The summed E-state index contributed by atoms with van der Waals surface area (Å²) >= 11 is 5.99. The van der Waals surface area contributed by atoms with E-state index in [1.807, 2.05) is 13.0 Å². The van der Waals surface area contributed by atoms with Crippen molar-refractivity contribution in [1.29, 1.82) is 0 Å². The first-order valence-electron chi connectivity index (χ1n) is 9.75. The first-order chi connectivity index (χ1) is 14.8. The Morgan fingerprint density at radius 2 is 1.90 bits per heavy atom. The lowest BCUT2D eigenvalue weighted by Crippen LogP contribution is -2.33. The Bertz CT molecular complexity index is 1160. The molecule has 0 unspecified atom stereocenters. The van der Waals surface area contributed by atoms with Gasteiger partial charge in [-0.3, -0.25) is 14.2 Å². The van der Waals surface area contributed by atoms with Gasteiger partial charge in [0.2, 0.25) is 5.91 Å². The van der Waals surface area contributed by atoms with E-state index in [-0.39, 0.29) is 25.1 Å². The predicted molar refractivity (Wildman–Crippen MR) is 121 cm³/mol. The van der Waals surface area contributed by atoms with Crippen LogP contribution >= 0.6 is 11.6 Å². The van der Waals surface area contributed by atoms with Crippen LogP contribution < -0.4 is 15.6 Å². The molecule has 1 heterocycles. The van der Waals surface area contributed by atoms with Crippen molar-refractivity contribution in [2.24, 2.45) is 0 Å². The van der Waals surface area contributed by atoms with Crippen LogP contribution in [0.2, 0.25) is 5.02 Å².